The van der Waals surface area contributed by atoms with Crippen molar-refractivity contribution in [1.29, 1.82) is 0 Å². The van der Waals surface area contributed by atoms with Crippen LogP contribution >= 0.6 is 0 Å². The molecule has 16 heavy (non-hydrogen) atoms. The number of aryl methyl sites for hydroxylation is 3. The molecule has 0 amide bonds. The summed E-state index contributed by atoms with van der Waals surface area (Å²) in [6.45, 7) is 1.83. The van der Waals surface area contributed by atoms with Crippen molar-refractivity contribution in [3.63, 3.8) is 0 Å². The predicted octanol–water partition coefficient (Wildman–Crippen LogP) is 2.49. The zero-order valence-electron chi connectivity index (χ0n) is 9.03. The fourth-order valence-corrected chi connectivity index (χ4v) is 1.58. The smallest absolute Gasteiger partial charge is 0.133 e. The Morgan fingerprint density at radius 1 is 1.31 bits per heavy atom. The fraction of sp³-hybridized carbons (Fsp3) is 0.250. The quantitative estimate of drug-likeness (QED) is 0.808. The van der Waals surface area contributed by atoms with Gasteiger partial charge in [0.25, 0.3) is 0 Å². The lowest BCUT2D eigenvalue weighted by Crippen LogP contribution is -1.97. The molecule has 3 nitrogen and oxygen atoms in total. The summed E-state index contributed by atoms with van der Waals surface area (Å²) in [6.07, 6.45) is 1.22. The molecule has 0 aliphatic rings. The van der Waals surface area contributed by atoms with E-state index in [-0.39, 0.29) is 5.82 Å². The zero-order valence-corrected chi connectivity index (χ0v) is 9.03. The molecule has 0 radical (unpaired) electrons. The van der Waals surface area contributed by atoms with Crippen LogP contribution in [-0.4, -0.2) is 5.16 Å². The number of nitrogens with zero attached hydrogens (tertiary/aromatic N) is 1. The second kappa shape index (κ2) is 4.35. The number of rotatable bonds is 3. The minimum absolute atomic E-state index is 0.227. The Hall–Kier alpha value is -1.84. The third-order valence-electron chi connectivity index (χ3n) is 2.40. The molecule has 2 N–H and O–H groups in total. The van der Waals surface area contributed by atoms with Crippen LogP contribution in [0.1, 0.15) is 17.0 Å². The van der Waals surface area contributed by atoms with Crippen LogP contribution in [0.3, 0.4) is 0 Å². The van der Waals surface area contributed by atoms with Gasteiger partial charge in [0.2, 0.25) is 0 Å². The molecule has 2 rings (SSSR count). The van der Waals surface area contributed by atoms with Crippen LogP contribution in [0, 0.1) is 12.7 Å². The maximum Gasteiger partial charge on any atom is 0.133 e. The Bertz CT molecular complexity index is 494. The monoisotopic (exact) mass is 220 g/mol. The normalized spacial score (nSPS) is 10.6. The summed E-state index contributed by atoms with van der Waals surface area (Å²) in [6, 6.07) is 6.45. The van der Waals surface area contributed by atoms with Crippen molar-refractivity contribution in [1.82, 2.24) is 5.16 Å². The average Bonchev–Trinajstić information content (AvgIpc) is 2.66. The number of halogens is 1. The molecule has 1 heterocycles. The minimum Gasteiger partial charge on any atom is -0.399 e. The van der Waals surface area contributed by atoms with E-state index >= 15 is 0 Å². The molecule has 0 atom stereocenters. The van der Waals surface area contributed by atoms with Gasteiger partial charge in [0.1, 0.15) is 11.6 Å². The summed E-state index contributed by atoms with van der Waals surface area (Å²) < 4.78 is 18.3. The Morgan fingerprint density at radius 2 is 2.12 bits per heavy atom. The van der Waals surface area contributed by atoms with Crippen molar-refractivity contribution >= 4 is 5.69 Å². The topological polar surface area (TPSA) is 52.0 Å². The van der Waals surface area contributed by atoms with Crippen LogP contribution < -0.4 is 5.73 Å². The third-order valence-corrected chi connectivity index (χ3v) is 2.40. The fourth-order valence-electron chi connectivity index (χ4n) is 1.58. The zero-order chi connectivity index (χ0) is 11.5. The van der Waals surface area contributed by atoms with E-state index in [9.17, 15) is 4.39 Å². The summed E-state index contributed by atoms with van der Waals surface area (Å²) in [5.41, 5.74) is 7.62. The van der Waals surface area contributed by atoms with Crippen molar-refractivity contribution in [3.05, 3.63) is 47.1 Å². The Labute approximate surface area is 93.1 Å². The van der Waals surface area contributed by atoms with Gasteiger partial charge in [-0.1, -0.05) is 5.16 Å². The molecule has 0 aliphatic carbocycles. The first-order valence-electron chi connectivity index (χ1n) is 5.11. The van der Waals surface area contributed by atoms with Crippen LogP contribution in [0.15, 0.2) is 28.8 Å². The molecule has 84 valence electrons. The van der Waals surface area contributed by atoms with Crippen molar-refractivity contribution in [2.45, 2.75) is 19.8 Å². The Kier molecular flexibility index (Phi) is 2.90. The SMILES string of the molecule is Cc1cc(CCc2cc(N)ccc2F)no1. The van der Waals surface area contributed by atoms with Crippen LogP contribution in [0.25, 0.3) is 0 Å². The van der Waals surface area contributed by atoms with Gasteiger partial charge in [0.15, 0.2) is 0 Å². The lowest BCUT2D eigenvalue weighted by molar-refractivity contribution is 0.390. The van der Waals surface area contributed by atoms with E-state index in [1.807, 2.05) is 13.0 Å². The number of nitrogen functional groups attached to an aromatic ring is 1. The van der Waals surface area contributed by atoms with Gasteiger partial charge in [-0.3, -0.25) is 0 Å². The van der Waals surface area contributed by atoms with E-state index in [1.165, 1.54) is 6.07 Å². The standard InChI is InChI=1S/C12H13FN2O/c1-8-6-11(15-16-8)4-2-9-7-10(14)3-5-12(9)13/h3,5-7H,2,4,14H2,1H3. The second-order valence-corrected chi connectivity index (χ2v) is 3.78. The highest BCUT2D eigenvalue weighted by molar-refractivity contribution is 5.41. The number of nitrogens with two attached hydrogens (primary N) is 1. The van der Waals surface area contributed by atoms with E-state index in [2.05, 4.69) is 5.16 Å². The minimum atomic E-state index is -0.227. The van der Waals surface area contributed by atoms with E-state index in [0.29, 0.717) is 24.1 Å². The summed E-state index contributed by atoms with van der Waals surface area (Å²) in [7, 11) is 0. The summed E-state index contributed by atoms with van der Waals surface area (Å²) >= 11 is 0. The van der Waals surface area contributed by atoms with Crippen LogP contribution in [0.4, 0.5) is 10.1 Å². The van der Waals surface area contributed by atoms with Gasteiger partial charge in [0, 0.05) is 11.8 Å². The number of aromatic nitrogens is 1. The molecule has 0 fully saturated rings. The first-order valence-corrected chi connectivity index (χ1v) is 5.11. The van der Waals surface area contributed by atoms with E-state index in [4.69, 9.17) is 10.3 Å². The molecule has 0 saturated carbocycles. The molecule has 2 aromatic rings. The van der Waals surface area contributed by atoms with Crippen molar-refractivity contribution < 1.29 is 8.91 Å². The van der Waals surface area contributed by atoms with E-state index < -0.39 is 0 Å². The lowest BCUT2D eigenvalue weighted by Gasteiger charge is -2.02. The van der Waals surface area contributed by atoms with Crippen molar-refractivity contribution in [2.75, 3.05) is 5.73 Å². The van der Waals surface area contributed by atoms with Gasteiger partial charge in [-0.05, 0) is 43.5 Å². The maximum absolute atomic E-state index is 13.4. The number of hydrogen-bond donors (Lipinski definition) is 1. The number of benzene rings is 1. The maximum atomic E-state index is 13.4. The molecule has 0 bridgehead atoms. The number of anilines is 1. The first kappa shape index (κ1) is 10.7. The first-order chi connectivity index (χ1) is 7.65. The van der Waals surface area contributed by atoms with Gasteiger partial charge in [-0.15, -0.1) is 0 Å². The van der Waals surface area contributed by atoms with Crippen LogP contribution in [-0.2, 0) is 12.8 Å². The van der Waals surface area contributed by atoms with Crippen molar-refractivity contribution in [3.8, 4) is 0 Å². The van der Waals surface area contributed by atoms with Crippen molar-refractivity contribution in [2.24, 2.45) is 0 Å². The molecule has 0 unspecified atom stereocenters. The summed E-state index contributed by atoms with van der Waals surface area (Å²) in [5, 5.41) is 3.85. The molecule has 0 spiro atoms. The molecule has 1 aromatic heterocycles. The highest BCUT2D eigenvalue weighted by Crippen LogP contribution is 2.14. The summed E-state index contributed by atoms with van der Waals surface area (Å²) in [4.78, 5) is 0. The van der Waals surface area contributed by atoms with Crippen LogP contribution in [0.5, 0.6) is 0 Å². The molecule has 1 aromatic carbocycles. The summed E-state index contributed by atoms with van der Waals surface area (Å²) in [5.74, 6) is 0.539. The van der Waals surface area contributed by atoms with E-state index in [0.717, 1.165) is 11.5 Å². The molecular weight excluding hydrogens is 207 g/mol. The van der Waals surface area contributed by atoms with E-state index in [1.54, 1.807) is 12.1 Å². The largest absolute Gasteiger partial charge is 0.399 e. The lowest BCUT2D eigenvalue weighted by atomic mass is 10.1. The highest BCUT2D eigenvalue weighted by atomic mass is 19.1. The Balaban J connectivity index is 2.07. The average molecular weight is 220 g/mol. The molecule has 4 heteroatoms. The van der Waals surface area contributed by atoms with Gasteiger partial charge in [-0.2, -0.15) is 0 Å². The molecule has 0 saturated heterocycles. The van der Waals surface area contributed by atoms with Gasteiger partial charge >= 0.3 is 0 Å². The molecule has 0 aliphatic heterocycles. The second-order valence-electron chi connectivity index (χ2n) is 3.78. The van der Waals surface area contributed by atoms with Gasteiger partial charge in [-0.25, -0.2) is 4.39 Å². The van der Waals surface area contributed by atoms with Crippen LogP contribution in [0.2, 0.25) is 0 Å². The molecular formula is C12H13FN2O. The predicted molar refractivity (Wildman–Crippen MR) is 59.5 cm³/mol. The highest BCUT2D eigenvalue weighted by Gasteiger charge is 2.05. The Morgan fingerprint density at radius 3 is 2.81 bits per heavy atom. The number of hydrogen-bond acceptors (Lipinski definition) is 3. The van der Waals surface area contributed by atoms with Gasteiger partial charge in [0.05, 0.1) is 5.69 Å². The van der Waals surface area contributed by atoms with Gasteiger partial charge < -0.3 is 10.3 Å². The third kappa shape index (κ3) is 2.39.